The molecule has 1 saturated heterocycles. The van der Waals surface area contributed by atoms with Crippen molar-refractivity contribution in [2.75, 3.05) is 18.4 Å². The van der Waals surface area contributed by atoms with Crippen LogP contribution in [0.5, 0.6) is 0 Å². The Hall–Kier alpha value is -4.26. The number of aromatic nitrogens is 5. The molecule has 0 saturated carbocycles. The molecule has 0 atom stereocenters. The Morgan fingerprint density at radius 1 is 1.18 bits per heavy atom. The monoisotopic (exact) mass is 458 g/mol. The number of likely N-dealkylation sites (tertiary alicyclic amines) is 1. The maximum Gasteiger partial charge on any atom is 0.219 e. The summed E-state index contributed by atoms with van der Waals surface area (Å²) in [4.78, 5) is 21.3. The summed E-state index contributed by atoms with van der Waals surface area (Å²) in [6.45, 7) is 7.70. The molecule has 1 aliphatic rings. The van der Waals surface area contributed by atoms with Gasteiger partial charge in [-0.3, -0.25) is 4.79 Å². The van der Waals surface area contributed by atoms with Crippen LogP contribution in [0.25, 0.3) is 28.2 Å². The Morgan fingerprint density at radius 2 is 1.97 bits per heavy atom. The predicted octanol–water partition coefficient (Wildman–Crippen LogP) is 3.79. The fourth-order valence-electron chi connectivity index (χ4n) is 3.72. The van der Waals surface area contributed by atoms with Gasteiger partial charge in [-0.25, -0.2) is 9.97 Å². The number of nitrogens with one attached hydrogen (secondary N) is 1. The quantitative estimate of drug-likeness (QED) is 0.489. The molecule has 0 unspecified atom stereocenters. The molecule has 0 bridgehead atoms. The average Bonchev–Trinajstić information content (AvgIpc) is 3.60. The molecule has 4 aromatic rings. The van der Waals surface area contributed by atoms with E-state index in [0.29, 0.717) is 22.8 Å². The Morgan fingerprint density at radius 3 is 2.59 bits per heavy atom. The number of nitrogens with zero attached hydrogens (tertiary/aromatic N) is 7. The van der Waals surface area contributed by atoms with Gasteiger partial charge in [0.15, 0.2) is 17.2 Å². The SMILES string of the molecule is CC(=O)N1CCCC1.CC(C)Nc1cc(-n2ncc3cc(C#N)cnc32)ncc1-c1ccno1. The van der Waals surface area contributed by atoms with Gasteiger partial charge in [0, 0.05) is 56.0 Å². The lowest BCUT2D eigenvalue weighted by molar-refractivity contribution is -0.127. The molecule has 1 fully saturated rings. The van der Waals surface area contributed by atoms with E-state index < -0.39 is 0 Å². The third kappa shape index (κ3) is 5.04. The molecule has 1 amide bonds. The van der Waals surface area contributed by atoms with Crippen LogP contribution in [-0.4, -0.2) is 54.8 Å². The largest absolute Gasteiger partial charge is 0.382 e. The van der Waals surface area contributed by atoms with Gasteiger partial charge in [0.2, 0.25) is 5.91 Å². The van der Waals surface area contributed by atoms with Crippen molar-refractivity contribution in [2.45, 2.75) is 39.7 Å². The zero-order valence-corrected chi connectivity index (χ0v) is 19.4. The average molecular weight is 459 g/mol. The van der Waals surface area contributed by atoms with Gasteiger partial charge in [0.05, 0.1) is 29.2 Å². The smallest absolute Gasteiger partial charge is 0.219 e. The zero-order chi connectivity index (χ0) is 24.1. The third-order valence-electron chi connectivity index (χ3n) is 5.34. The van der Waals surface area contributed by atoms with Crippen LogP contribution >= 0.6 is 0 Å². The highest BCUT2D eigenvalue weighted by Gasteiger charge is 2.15. The van der Waals surface area contributed by atoms with Gasteiger partial charge in [0.1, 0.15) is 6.07 Å². The molecule has 10 heteroatoms. The second-order valence-electron chi connectivity index (χ2n) is 8.28. The van der Waals surface area contributed by atoms with E-state index in [4.69, 9.17) is 9.78 Å². The molecule has 0 spiro atoms. The number of anilines is 1. The van der Waals surface area contributed by atoms with Crippen LogP contribution in [0.1, 0.15) is 39.2 Å². The maximum absolute atomic E-state index is 10.6. The summed E-state index contributed by atoms with van der Waals surface area (Å²) in [6.07, 6.45) is 8.90. The fourth-order valence-corrected chi connectivity index (χ4v) is 3.72. The van der Waals surface area contributed by atoms with Gasteiger partial charge in [-0.05, 0) is 32.8 Å². The van der Waals surface area contributed by atoms with Crippen LogP contribution in [0.15, 0.2) is 47.5 Å². The van der Waals surface area contributed by atoms with Crippen LogP contribution in [0.4, 0.5) is 5.69 Å². The van der Waals surface area contributed by atoms with Crippen molar-refractivity contribution in [3.8, 4) is 23.2 Å². The Kier molecular flexibility index (Phi) is 6.82. The minimum Gasteiger partial charge on any atom is -0.382 e. The van der Waals surface area contributed by atoms with Gasteiger partial charge >= 0.3 is 0 Å². The van der Waals surface area contributed by atoms with Gasteiger partial charge in [-0.1, -0.05) is 5.16 Å². The number of fused-ring (bicyclic) bond motifs is 1. The van der Waals surface area contributed by atoms with Crippen molar-refractivity contribution in [3.05, 3.63) is 48.5 Å². The highest BCUT2D eigenvalue weighted by molar-refractivity contribution is 5.79. The molecule has 0 aromatic carbocycles. The molecule has 1 aliphatic heterocycles. The number of pyridine rings is 2. The fraction of sp³-hybridized carbons (Fsp3) is 0.333. The molecule has 0 radical (unpaired) electrons. The molecule has 0 aliphatic carbocycles. The van der Waals surface area contributed by atoms with Crippen LogP contribution in [0.2, 0.25) is 0 Å². The van der Waals surface area contributed by atoms with E-state index in [1.54, 1.807) is 42.3 Å². The summed E-state index contributed by atoms with van der Waals surface area (Å²) < 4.78 is 6.92. The zero-order valence-electron chi connectivity index (χ0n) is 19.4. The van der Waals surface area contributed by atoms with Crippen molar-refractivity contribution in [1.29, 1.82) is 5.26 Å². The Bertz CT molecular complexity index is 1310. The number of nitriles is 1. The van der Waals surface area contributed by atoms with Gasteiger partial charge in [0.25, 0.3) is 0 Å². The first-order valence-corrected chi connectivity index (χ1v) is 11.1. The third-order valence-corrected chi connectivity index (χ3v) is 5.34. The summed E-state index contributed by atoms with van der Waals surface area (Å²) in [5.74, 6) is 1.47. The molecule has 34 heavy (non-hydrogen) atoms. The second-order valence-corrected chi connectivity index (χ2v) is 8.28. The molecule has 5 rings (SSSR count). The van der Waals surface area contributed by atoms with Crippen molar-refractivity contribution in [1.82, 2.24) is 29.8 Å². The lowest BCUT2D eigenvalue weighted by Gasteiger charge is -2.14. The van der Waals surface area contributed by atoms with Crippen LogP contribution in [0, 0.1) is 11.3 Å². The van der Waals surface area contributed by atoms with Crippen molar-refractivity contribution in [3.63, 3.8) is 0 Å². The van der Waals surface area contributed by atoms with Gasteiger partial charge in [-0.2, -0.15) is 15.0 Å². The summed E-state index contributed by atoms with van der Waals surface area (Å²) in [5.41, 5.74) is 2.81. The summed E-state index contributed by atoms with van der Waals surface area (Å²) in [6, 6.07) is 7.73. The Balaban J connectivity index is 0.000000291. The van der Waals surface area contributed by atoms with E-state index in [1.165, 1.54) is 19.0 Å². The van der Waals surface area contributed by atoms with E-state index in [1.807, 2.05) is 11.0 Å². The molecular weight excluding hydrogens is 432 g/mol. The highest BCUT2D eigenvalue weighted by Crippen LogP contribution is 2.29. The highest BCUT2D eigenvalue weighted by atomic mass is 16.5. The summed E-state index contributed by atoms with van der Waals surface area (Å²) >= 11 is 0. The number of carbonyl (C=O) groups is 1. The number of rotatable bonds is 4. The lowest BCUT2D eigenvalue weighted by Crippen LogP contribution is -2.24. The first-order valence-electron chi connectivity index (χ1n) is 11.1. The van der Waals surface area contributed by atoms with Crippen LogP contribution < -0.4 is 5.32 Å². The lowest BCUT2D eigenvalue weighted by atomic mass is 10.1. The van der Waals surface area contributed by atoms with E-state index in [9.17, 15) is 4.79 Å². The standard InChI is InChI=1S/C18H15N7O.C6H11NO/c1-11(2)24-15-6-17(20-10-14(15)16-3-4-23-26-16)25-18-13(9-22-25)5-12(7-19)8-21-18;1-6(8)7-4-2-3-5-7/h3-6,8-11H,1-2H3,(H,20,24);2-5H2,1H3. The second kappa shape index (κ2) is 10.1. The Labute approximate surface area is 197 Å². The molecule has 1 N–H and O–H groups in total. The first-order chi connectivity index (χ1) is 16.5. The first kappa shape index (κ1) is 22.9. The normalized spacial score (nSPS) is 13.0. The number of hydrogen-bond acceptors (Lipinski definition) is 8. The minimum atomic E-state index is 0.220. The molecule has 174 valence electrons. The molecule has 5 heterocycles. The van der Waals surface area contributed by atoms with Gasteiger partial charge in [-0.15, -0.1) is 0 Å². The maximum atomic E-state index is 10.6. The van der Waals surface area contributed by atoms with E-state index >= 15 is 0 Å². The van der Waals surface area contributed by atoms with Crippen molar-refractivity contribution >= 4 is 22.6 Å². The van der Waals surface area contributed by atoms with Crippen LogP contribution in [0.3, 0.4) is 0 Å². The van der Waals surface area contributed by atoms with E-state index in [-0.39, 0.29) is 11.9 Å². The number of hydrogen-bond donors (Lipinski definition) is 1. The molecular formula is C24H26N8O2. The van der Waals surface area contributed by atoms with Crippen LogP contribution in [-0.2, 0) is 4.79 Å². The minimum absolute atomic E-state index is 0.220. The molecule has 10 nitrogen and oxygen atoms in total. The number of amides is 1. The van der Waals surface area contributed by atoms with E-state index in [2.05, 4.69) is 45.5 Å². The van der Waals surface area contributed by atoms with Gasteiger partial charge < -0.3 is 14.7 Å². The summed E-state index contributed by atoms with van der Waals surface area (Å²) in [5, 5.41) is 21.3. The topological polar surface area (TPSA) is 126 Å². The predicted molar refractivity (Wildman–Crippen MR) is 127 cm³/mol. The van der Waals surface area contributed by atoms with E-state index in [0.717, 1.165) is 29.7 Å². The van der Waals surface area contributed by atoms with Crippen molar-refractivity contribution < 1.29 is 9.32 Å². The molecule has 4 aromatic heterocycles. The summed E-state index contributed by atoms with van der Waals surface area (Å²) in [7, 11) is 0. The van der Waals surface area contributed by atoms with Crippen molar-refractivity contribution in [2.24, 2.45) is 0 Å². The number of carbonyl (C=O) groups excluding carboxylic acids is 1.